The van der Waals surface area contributed by atoms with Gasteiger partial charge in [-0.25, -0.2) is 4.63 Å². The fourth-order valence-corrected chi connectivity index (χ4v) is 1.45. The molecule has 0 spiro atoms. The molecule has 0 radical (unpaired) electrons. The second kappa shape index (κ2) is 4.22. The van der Waals surface area contributed by atoms with Crippen molar-refractivity contribution in [1.29, 1.82) is 0 Å². The molecule has 0 aliphatic rings. The van der Waals surface area contributed by atoms with Crippen molar-refractivity contribution in [2.75, 3.05) is 0 Å². The summed E-state index contributed by atoms with van der Waals surface area (Å²) in [6, 6.07) is 5.76. The van der Waals surface area contributed by atoms with Crippen molar-refractivity contribution >= 4 is 5.78 Å². The van der Waals surface area contributed by atoms with Gasteiger partial charge in [-0.1, -0.05) is 11.2 Å². The molecule has 5 heteroatoms. The molecule has 0 saturated carbocycles. The number of hydrogen-bond acceptors (Lipinski definition) is 4. The van der Waals surface area contributed by atoms with Crippen molar-refractivity contribution in [3.8, 4) is 0 Å². The zero-order valence-corrected chi connectivity index (χ0v) is 9.17. The van der Waals surface area contributed by atoms with E-state index >= 15 is 0 Å². The molecular formula is C11H12N3O2+. The number of hydrogen-bond donors (Lipinski definition) is 0. The fraction of sp³-hybridized carbons (Fsp3) is 0.273. The van der Waals surface area contributed by atoms with Crippen LogP contribution in [0.5, 0.6) is 0 Å². The third-order valence-corrected chi connectivity index (χ3v) is 2.40. The second-order valence-corrected chi connectivity index (χ2v) is 3.59. The molecule has 0 fully saturated rings. The monoisotopic (exact) mass is 218 g/mol. The molecule has 0 aromatic carbocycles. The maximum atomic E-state index is 11.9. The standard InChI is InChI=1S/C11H12N3O2/c1-8-5-3-4-6-14(8)7-10(15)11-9(2)12-16-13-11/h3-6H,7H2,1-2H3/q+1. The predicted octanol–water partition coefficient (Wildman–Crippen LogP) is 0.857. The summed E-state index contributed by atoms with van der Waals surface area (Å²) in [7, 11) is 0. The van der Waals surface area contributed by atoms with Crippen LogP contribution >= 0.6 is 0 Å². The first-order valence-electron chi connectivity index (χ1n) is 4.96. The average Bonchev–Trinajstić information content (AvgIpc) is 2.68. The first kappa shape index (κ1) is 10.5. The fourth-order valence-electron chi connectivity index (χ4n) is 1.45. The highest BCUT2D eigenvalue weighted by atomic mass is 16.6. The minimum Gasteiger partial charge on any atom is -0.285 e. The van der Waals surface area contributed by atoms with Gasteiger partial charge < -0.3 is 0 Å². The Morgan fingerprint density at radius 2 is 2.19 bits per heavy atom. The molecule has 2 rings (SSSR count). The summed E-state index contributed by atoms with van der Waals surface area (Å²) in [5.41, 5.74) is 1.85. The van der Waals surface area contributed by atoms with E-state index in [1.807, 2.05) is 35.9 Å². The van der Waals surface area contributed by atoms with Gasteiger partial charge >= 0.3 is 0 Å². The number of Topliss-reactive ketones (excluding diaryl/α,β-unsaturated/α-hetero) is 1. The van der Waals surface area contributed by atoms with Gasteiger partial charge in [0.05, 0.1) is 0 Å². The van der Waals surface area contributed by atoms with Crippen molar-refractivity contribution in [2.24, 2.45) is 0 Å². The SMILES string of the molecule is Cc1nonc1C(=O)C[n+]1ccccc1C. The van der Waals surface area contributed by atoms with E-state index in [-0.39, 0.29) is 12.3 Å². The minimum atomic E-state index is -0.0990. The lowest BCUT2D eigenvalue weighted by atomic mass is 10.2. The van der Waals surface area contributed by atoms with Crippen LogP contribution in [0.15, 0.2) is 29.0 Å². The van der Waals surface area contributed by atoms with Gasteiger partial charge in [-0.3, -0.25) is 4.79 Å². The molecule has 0 amide bonds. The highest BCUT2D eigenvalue weighted by Crippen LogP contribution is 2.01. The quantitative estimate of drug-likeness (QED) is 0.566. The van der Waals surface area contributed by atoms with Gasteiger partial charge in [-0.05, 0) is 12.1 Å². The lowest BCUT2D eigenvalue weighted by Crippen LogP contribution is -2.40. The largest absolute Gasteiger partial charge is 0.285 e. The molecular weight excluding hydrogens is 206 g/mol. The molecule has 2 aromatic rings. The summed E-state index contributed by atoms with van der Waals surface area (Å²) in [6.45, 7) is 3.90. The van der Waals surface area contributed by atoms with Gasteiger partial charge in [-0.15, -0.1) is 0 Å². The van der Waals surface area contributed by atoms with Crippen molar-refractivity contribution in [3.63, 3.8) is 0 Å². The van der Waals surface area contributed by atoms with Crippen LogP contribution in [0.1, 0.15) is 21.9 Å². The van der Waals surface area contributed by atoms with E-state index in [0.29, 0.717) is 11.4 Å². The number of aromatic nitrogens is 3. The number of rotatable bonds is 3. The van der Waals surface area contributed by atoms with Gasteiger partial charge in [-0.2, -0.15) is 4.57 Å². The van der Waals surface area contributed by atoms with Gasteiger partial charge in [0.25, 0.3) is 5.78 Å². The Balaban J connectivity index is 2.21. The van der Waals surface area contributed by atoms with Crippen LogP contribution in [0.3, 0.4) is 0 Å². The minimum absolute atomic E-state index is 0.0990. The van der Waals surface area contributed by atoms with Crippen LogP contribution in [0.4, 0.5) is 0 Å². The molecule has 0 atom stereocenters. The van der Waals surface area contributed by atoms with E-state index < -0.39 is 0 Å². The Hall–Kier alpha value is -2.04. The summed E-state index contributed by atoms with van der Waals surface area (Å²) in [5.74, 6) is -0.0990. The summed E-state index contributed by atoms with van der Waals surface area (Å²) < 4.78 is 6.36. The molecule has 82 valence electrons. The Labute approximate surface area is 92.7 Å². The van der Waals surface area contributed by atoms with Crippen LogP contribution < -0.4 is 4.57 Å². The van der Waals surface area contributed by atoms with E-state index in [0.717, 1.165) is 5.69 Å². The van der Waals surface area contributed by atoms with E-state index in [4.69, 9.17) is 0 Å². The predicted molar refractivity (Wildman–Crippen MR) is 54.7 cm³/mol. The zero-order valence-electron chi connectivity index (χ0n) is 9.17. The Morgan fingerprint density at radius 3 is 2.81 bits per heavy atom. The molecule has 2 heterocycles. The lowest BCUT2D eigenvalue weighted by Gasteiger charge is -1.97. The van der Waals surface area contributed by atoms with Gasteiger partial charge in [0, 0.05) is 19.1 Å². The van der Waals surface area contributed by atoms with Gasteiger partial charge in [0.1, 0.15) is 5.69 Å². The average molecular weight is 218 g/mol. The zero-order chi connectivity index (χ0) is 11.5. The maximum absolute atomic E-state index is 11.9. The second-order valence-electron chi connectivity index (χ2n) is 3.59. The molecule has 5 nitrogen and oxygen atoms in total. The molecule has 0 bridgehead atoms. The maximum Gasteiger partial charge on any atom is 0.251 e. The van der Waals surface area contributed by atoms with Crippen molar-refractivity contribution in [3.05, 3.63) is 41.5 Å². The molecule has 2 aromatic heterocycles. The van der Waals surface area contributed by atoms with Crippen LogP contribution in [-0.4, -0.2) is 16.1 Å². The summed E-state index contributed by atoms with van der Waals surface area (Å²) in [6.07, 6.45) is 1.86. The third kappa shape index (κ3) is 1.98. The summed E-state index contributed by atoms with van der Waals surface area (Å²) in [5, 5.41) is 7.18. The molecule has 0 N–H and O–H groups in total. The first-order chi connectivity index (χ1) is 7.68. The summed E-state index contributed by atoms with van der Waals surface area (Å²) >= 11 is 0. The van der Waals surface area contributed by atoms with Crippen LogP contribution in [0, 0.1) is 13.8 Å². The van der Waals surface area contributed by atoms with E-state index in [2.05, 4.69) is 14.9 Å². The van der Waals surface area contributed by atoms with Crippen molar-refractivity contribution in [2.45, 2.75) is 20.4 Å². The van der Waals surface area contributed by atoms with Crippen LogP contribution in [0.25, 0.3) is 0 Å². The number of nitrogens with zero attached hydrogens (tertiary/aromatic N) is 3. The number of carbonyl (C=O) groups is 1. The Morgan fingerprint density at radius 1 is 1.38 bits per heavy atom. The van der Waals surface area contributed by atoms with Gasteiger partial charge in [0.2, 0.25) is 6.54 Å². The smallest absolute Gasteiger partial charge is 0.251 e. The van der Waals surface area contributed by atoms with Gasteiger partial charge in [0.15, 0.2) is 17.6 Å². The number of ketones is 1. The number of aryl methyl sites for hydroxylation is 2. The van der Waals surface area contributed by atoms with E-state index in [9.17, 15) is 4.79 Å². The normalized spacial score (nSPS) is 10.4. The lowest BCUT2D eigenvalue weighted by molar-refractivity contribution is -0.689. The number of pyridine rings is 1. The van der Waals surface area contributed by atoms with Crippen molar-refractivity contribution in [1.82, 2.24) is 10.3 Å². The molecule has 0 aliphatic carbocycles. The molecule has 0 unspecified atom stereocenters. The van der Waals surface area contributed by atoms with Crippen LogP contribution in [0.2, 0.25) is 0 Å². The topological polar surface area (TPSA) is 59.9 Å². The van der Waals surface area contributed by atoms with E-state index in [1.54, 1.807) is 6.92 Å². The number of carbonyl (C=O) groups excluding carboxylic acids is 1. The molecule has 0 saturated heterocycles. The summed E-state index contributed by atoms with van der Waals surface area (Å²) in [4.78, 5) is 11.9. The van der Waals surface area contributed by atoms with E-state index in [1.165, 1.54) is 0 Å². The molecule has 0 aliphatic heterocycles. The third-order valence-electron chi connectivity index (χ3n) is 2.40. The van der Waals surface area contributed by atoms with Crippen molar-refractivity contribution < 1.29 is 14.0 Å². The first-order valence-corrected chi connectivity index (χ1v) is 4.96. The highest BCUT2D eigenvalue weighted by Gasteiger charge is 2.20. The highest BCUT2D eigenvalue weighted by molar-refractivity contribution is 5.93. The Kier molecular flexibility index (Phi) is 2.76. The molecule has 16 heavy (non-hydrogen) atoms. The van der Waals surface area contributed by atoms with Crippen LogP contribution in [-0.2, 0) is 6.54 Å². The Bertz CT molecular complexity index is 519.